The van der Waals surface area contributed by atoms with E-state index >= 15 is 0 Å². The molecule has 0 radical (unpaired) electrons. The summed E-state index contributed by atoms with van der Waals surface area (Å²) in [5.41, 5.74) is 11.2. The number of aryl methyl sites for hydroxylation is 1. The highest BCUT2D eigenvalue weighted by Gasteiger charge is 2.19. The molecule has 0 unspecified atom stereocenters. The van der Waals surface area contributed by atoms with Gasteiger partial charge in [0.15, 0.2) is 0 Å². The molecule has 0 aliphatic heterocycles. The summed E-state index contributed by atoms with van der Waals surface area (Å²) in [7, 11) is 4.94. The fourth-order valence-electron chi connectivity index (χ4n) is 3.02. The van der Waals surface area contributed by atoms with Gasteiger partial charge in [0.05, 0.1) is 37.6 Å². The van der Waals surface area contributed by atoms with Crippen LogP contribution in [0.4, 0.5) is 5.69 Å². The van der Waals surface area contributed by atoms with Crippen LogP contribution in [-0.2, 0) is 11.3 Å². The number of hydrogen-bond donors (Lipinski definition) is 1. The number of rotatable bonds is 5. The summed E-state index contributed by atoms with van der Waals surface area (Å²) >= 11 is 0. The fraction of sp³-hybridized carbons (Fsp3) is 0.250. The molecular formula is C20H22N2O3. The van der Waals surface area contributed by atoms with E-state index in [1.165, 1.54) is 0 Å². The molecule has 130 valence electrons. The van der Waals surface area contributed by atoms with Crippen molar-refractivity contribution in [2.75, 3.05) is 27.1 Å². The summed E-state index contributed by atoms with van der Waals surface area (Å²) < 4.78 is 16.5. The minimum Gasteiger partial charge on any atom is -0.496 e. The number of benzene rings is 2. The van der Waals surface area contributed by atoms with Crippen LogP contribution in [0.1, 0.15) is 11.1 Å². The number of hydrogen-bond acceptors (Lipinski definition) is 5. The topological polar surface area (TPSA) is 66.6 Å². The number of anilines is 1. The monoisotopic (exact) mass is 338 g/mol. The number of fused-ring (bicyclic) bond motifs is 1. The first-order chi connectivity index (χ1) is 12.1. The maximum absolute atomic E-state index is 6.08. The van der Waals surface area contributed by atoms with Crippen molar-refractivity contribution in [3.05, 3.63) is 47.5 Å². The molecule has 0 spiro atoms. The van der Waals surface area contributed by atoms with Crippen LogP contribution in [0.25, 0.3) is 22.2 Å². The smallest absolute Gasteiger partial charge is 0.132 e. The summed E-state index contributed by atoms with van der Waals surface area (Å²) in [4.78, 5) is 4.83. The number of nitrogens with zero attached hydrogens (tertiary/aromatic N) is 1. The van der Waals surface area contributed by atoms with Crippen molar-refractivity contribution in [3.63, 3.8) is 0 Å². The molecule has 0 bridgehead atoms. The Kier molecular flexibility index (Phi) is 4.76. The number of nitrogens with two attached hydrogens (primary N) is 1. The number of aromatic nitrogens is 1. The Morgan fingerprint density at radius 1 is 1.00 bits per heavy atom. The standard InChI is InChI=1S/C20H22N2O3/c1-12-8-14-15(21)6-5-7-16(14)22-20(12)19-17(24-3)9-13(11-23-2)10-18(19)25-4/h5-10H,11,21H2,1-4H3. The Morgan fingerprint density at radius 3 is 2.28 bits per heavy atom. The third-order valence-electron chi connectivity index (χ3n) is 4.20. The van der Waals surface area contributed by atoms with Gasteiger partial charge >= 0.3 is 0 Å². The van der Waals surface area contributed by atoms with Gasteiger partial charge < -0.3 is 19.9 Å². The van der Waals surface area contributed by atoms with Crippen LogP contribution < -0.4 is 15.2 Å². The van der Waals surface area contributed by atoms with Crippen molar-refractivity contribution in [2.45, 2.75) is 13.5 Å². The number of ether oxygens (including phenoxy) is 3. The van der Waals surface area contributed by atoms with Crippen LogP contribution in [-0.4, -0.2) is 26.3 Å². The molecule has 5 heteroatoms. The van der Waals surface area contributed by atoms with Crippen LogP contribution >= 0.6 is 0 Å². The second kappa shape index (κ2) is 6.99. The third-order valence-corrected chi connectivity index (χ3v) is 4.20. The lowest BCUT2D eigenvalue weighted by Gasteiger charge is -2.17. The Labute approximate surface area is 147 Å². The van der Waals surface area contributed by atoms with E-state index in [0.29, 0.717) is 23.8 Å². The quantitative estimate of drug-likeness (QED) is 0.713. The zero-order chi connectivity index (χ0) is 18.0. The number of pyridine rings is 1. The van der Waals surface area contributed by atoms with Crippen LogP contribution in [0.15, 0.2) is 36.4 Å². The lowest BCUT2D eigenvalue weighted by molar-refractivity contribution is 0.184. The molecule has 2 N–H and O–H groups in total. The molecule has 5 nitrogen and oxygen atoms in total. The van der Waals surface area contributed by atoms with E-state index in [4.69, 9.17) is 24.9 Å². The van der Waals surface area contributed by atoms with Crippen LogP contribution in [0.2, 0.25) is 0 Å². The lowest BCUT2D eigenvalue weighted by Crippen LogP contribution is -2.00. The third kappa shape index (κ3) is 3.10. The van der Waals surface area contributed by atoms with Crippen molar-refractivity contribution in [2.24, 2.45) is 0 Å². The van der Waals surface area contributed by atoms with Gasteiger partial charge in [0, 0.05) is 18.2 Å². The van der Waals surface area contributed by atoms with Crippen LogP contribution in [0, 0.1) is 6.92 Å². The molecule has 2 aromatic carbocycles. The highest BCUT2D eigenvalue weighted by atomic mass is 16.5. The zero-order valence-electron chi connectivity index (χ0n) is 14.9. The average Bonchev–Trinajstić information content (AvgIpc) is 2.61. The summed E-state index contributed by atoms with van der Waals surface area (Å²) in [5.74, 6) is 1.40. The van der Waals surface area contributed by atoms with E-state index in [9.17, 15) is 0 Å². The van der Waals surface area contributed by atoms with Crippen molar-refractivity contribution >= 4 is 16.6 Å². The van der Waals surface area contributed by atoms with E-state index in [2.05, 4.69) is 6.07 Å². The Bertz CT molecular complexity index is 897. The van der Waals surface area contributed by atoms with Crippen molar-refractivity contribution in [1.29, 1.82) is 0 Å². The molecular weight excluding hydrogens is 316 g/mol. The molecule has 3 rings (SSSR count). The normalized spacial score (nSPS) is 10.9. The maximum atomic E-state index is 6.08. The number of methoxy groups -OCH3 is 3. The van der Waals surface area contributed by atoms with Crippen molar-refractivity contribution in [3.8, 4) is 22.8 Å². The fourth-order valence-corrected chi connectivity index (χ4v) is 3.02. The van der Waals surface area contributed by atoms with Gasteiger partial charge in [-0.1, -0.05) is 6.07 Å². The molecule has 0 atom stereocenters. The molecule has 0 fully saturated rings. The summed E-state index contributed by atoms with van der Waals surface area (Å²) in [6, 6.07) is 11.7. The van der Waals surface area contributed by atoms with Gasteiger partial charge in [0.25, 0.3) is 0 Å². The first-order valence-corrected chi connectivity index (χ1v) is 7.99. The molecule has 0 saturated carbocycles. The van der Waals surface area contributed by atoms with Crippen LogP contribution in [0.3, 0.4) is 0 Å². The Morgan fingerprint density at radius 2 is 1.68 bits per heavy atom. The van der Waals surface area contributed by atoms with Gasteiger partial charge in [-0.3, -0.25) is 0 Å². The van der Waals surface area contributed by atoms with Crippen LogP contribution in [0.5, 0.6) is 11.5 Å². The van der Waals surface area contributed by atoms with Gasteiger partial charge in [-0.2, -0.15) is 0 Å². The Balaban J connectivity index is 2.28. The first-order valence-electron chi connectivity index (χ1n) is 7.99. The molecule has 3 aromatic rings. The summed E-state index contributed by atoms with van der Waals surface area (Å²) in [5, 5.41) is 0.942. The molecule has 0 aliphatic carbocycles. The van der Waals surface area contributed by atoms with E-state index in [0.717, 1.165) is 33.3 Å². The maximum Gasteiger partial charge on any atom is 0.132 e. The first kappa shape index (κ1) is 17.0. The zero-order valence-corrected chi connectivity index (χ0v) is 14.9. The molecule has 25 heavy (non-hydrogen) atoms. The SMILES string of the molecule is COCc1cc(OC)c(-c2nc3cccc(N)c3cc2C)c(OC)c1. The van der Waals surface area contributed by atoms with E-state index in [1.54, 1.807) is 21.3 Å². The van der Waals surface area contributed by atoms with E-state index in [-0.39, 0.29) is 0 Å². The highest BCUT2D eigenvalue weighted by Crippen LogP contribution is 2.41. The summed E-state index contributed by atoms with van der Waals surface area (Å²) in [6.07, 6.45) is 0. The largest absolute Gasteiger partial charge is 0.496 e. The van der Waals surface area contributed by atoms with Crippen molar-refractivity contribution < 1.29 is 14.2 Å². The van der Waals surface area contributed by atoms with Gasteiger partial charge in [0.1, 0.15) is 11.5 Å². The van der Waals surface area contributed by atoms with E-state index in [1.807, 2.05) is 37.3 Å². The average molecular weight is 338 g/mol. The second-order valence-corrected chi connectivity index (χ2v) is 5.88. The van der Waals surface area contributed by atoms with Gasteiger partial charge in [-0.05, 0) is 48.4 Å². The van der Waals surface area contributed by atoms with E-state index < -0.39 is 0 Å². The van der Waals surface area contributed by atoms with Gasteiger partial charge in [-0.15, -0.1) is 0 Å². The molecule has 0 saturated heterocycles. The molecule has 0 aliphatic rings. The lowest BCUT2D eigenvalue weighted by atomic mass is 10.00. The minimum atomic E-state index is 0.480. The summed E-state index contributed by atoms with van der Waals surface area (Å²) in [6.45, 7) is 2.49. The minimum absolute atomic E-state index is 0.480. The predicted octanol–water partition coefficient (Wildman–Crippen LogP) is 3.96. The molecule has 0 amide bonds. The number of nitrogen functional groups attached to an aromatic ring is 1. The predicted molar refractivity (Wildman–Crippen MR) is 100 cm³/mol. The highest BCUT2D eigenvalue weighted by molar-refractivity contribution is 5.93. The molecule has 1 aromatic heterocycles. The van der Waals surface area contributed by atoms with Crippen molar-refractivity contribution in [1.82, 2.24) is 4.98 Å². The van der Waals surface area contributed by atoms with Gasteiger partial charge in [0.2, 0.25) is 0 Å². The second-order valence-electron chi connectivity index (χ2n) is 5.88. The Hall–Kier alpha value is -2.79. The van der Waals surface area contributed by atoms with Gasteiger partial charge in [-0.25, -0.2) is 4.98 Å². The molecule has 1 heterocycles.